The van der Waals surface area contributed by atoms with E-state index in [2.05, 4.69) is 0 Å². The Hall–Kier alpha value is -3.02. The number of nitrogens with two attached hydrogens (primary N) is 1. The summed E-state index contributed by atoms with van der Waals surface area (Å²) >= 11 is 0. The summed E-state index contributed by atoms with van der Waals surface area (Å²) in [7, 11) is 2.96. The minimum absolute atomic E-state index is 0.0559. The van der Waals surface area contributed by atoms with Gasteiger partial charge in [-0.2, -0.15) is 0 Å². The van der Waals surface area contributed by atoms with Crippen LogP contribution in [0.2, 0.25) is 0 Å². The van der Waals surface area contributed by atoms with Crippen molar-refractivity contribution in [2.45, 2.75) is 6.92 Å². The van der Waals surface area contributed by atoms with Crippen molar-refractivity contribution in [3.8, 4) is 17.2 Å². The number of ether oxygens (including phenoxy) is 2. The predicted octanol–water partition coefficient (Wildman–Crippen LogP) is 2.34. The molecule has 0 aromatic heterocycles. The fraction of sp³-hybridized carbons (Fsp3) is 0.176. The lowest BCUT2D eigenvalue weighted by Gasteiger charge is -2.13. The van der Waals surface area contributed by atoms with Gasteiger partial charge < -0.3 is 20.3 Å². The van der Waals surface area contributed by atoms with Gasteiger partial charge >= 0.3 is 0 Å². The van der Waals surface area contributed by atoms with Crippen LogP contribution in [0.4, 0.5) is 5.69 Å². The Morgan fingerprint density at radius 3 is 2.39 bits per heavy atom. The number of carbonyl (C=O) groups excluding carboxylic acids is 2. The van der Waals surface area contributed by atoms with Crippen LogP contribution >= 0.6 is 0 Å². The summed E-state index contributed by atoms with van der Waals surface area (Å²) in [5.74, 6) is 0.0609. The van der Waals surface area contributed by atoms with Gasteiger partial charge in [0.15, 0.2) is 29.3 Å². The molecule has 3 N–H and O–H groups in total. The Kier molecular flexibility index (Phi) is 4.55. The molecule has 0 aliphatic rings. The van der Waals surface area contributed by atoms with Crippen LogP contribution in [-0.4, -0.2) is 31.4 Å². The van der Waals surface area contributed by atoms with E-state index in [4.69, 9.17) is 15.2 Å². The average molecular weight is 315 g/mol. The van der Waals surface area contributed by atoms with E-state index in [-0.39, 0.29) is 16.8 Å². The molecule has 0 heterocycles. The molecule has 2 aromatic carbocycles. The van der Waals surface area contributed by atoms with E-state index < -0.39 is 11.5 Å². The Labute approximate surface area is 133 Å². The molecule has 6 nitrogen and oxygen atoms in total. The van der Waals surface area contributed by atoms with E-state index in [0.29, 0.717) is 28.9 Å². The van der Waals surface area contributed by atoms with Crippen molar-refractivity contribution in [1.29, 1.82) is 0 Å². The second-order valence-electron chi connectivity index (χ2n) is 4.94. The van der Waals surface area contributed by atoms with E-state index in [1.807, 2.05) is 0 Å². The van der Waals surface area contributed by atoms with Crippen molar-refractivity contribution in [2.75, 3.05) is 20.0 Å². The largest absolute Gasteiger partial charge is 0.505 e. The average Bonchev–Trinajstić information content (AvgIpc) is 2.57. The van der Waals surface area contributed by atoms with E-state index in [1.165, 1.54) is 26.4 Å². The van der Waals surface area contributed by atoms with E-state index >= 15 is 0 Å². The van der Waals surface area contributed by atoms with Crippen LogP contribution in [0.1, 0.15) is 31.8 Å². The lowest BCUT2D eigenvalue weighted by Crippen LogP contribution is -2.08. The maximum absolute atomic E-state index is 12.7. The molecule has 6 heteroatoms. The molecule has 0 bridgehead atoms. The van der Waals surface area contributed by atoms with Crippen LogP contribution in [0, 0.1) is 6.92 Å². The van der Waals surface area contributed by atoms with Gasteiger partial charge in [-0.05, 0) is 36.8 Å². The monoisotopic (exact) mass is 315 g/mol. The van der Waals surface area contributed by atoms with Crippen LogP contribution < -0.4 is 15.2 Å². The Morgan fingerprint density at radius 2 is 1.83 bits per heavy atom. The zero-order chi connectivity index (χ0) is 17.1. The van der Waals surface area contributed by atoms with Gasteiger partial charge in [-0.1, -0.05) is 0 Å². The number of methoxy groups -OCH3 is 2. The van der Waals surface area contributed by atoms with Gasteiger partial charge in [-0.15, -0.1) is 0 Å². The number of anilines is 1. The number of aldehydes is 1. The number of ketones is 1. The fourth-order valence-corrected chi connectivity index (χ4v) is 2.35. The van der Waals surface area contributed by atoms with Crippen molar-refractivity contribution in [3.05, 3.63) is 46.5 Å². The van der Waals surface area contributed by atoms with Crippen LogP contribution in [0.3, 0.4) is 0 Å². The van der Waals surface area contributed by atoms with Crippen LogP contribution in [0.5, 0.6) is 17.2 Å². The zero-order valence-corrected chi connectivity index (χ0v) is 13.0. The van der Waals surface area contributed by atoms with Crippen LogP contribution in [0.25, 0.3) is 0 Å². The van der Waals surface area contributed by atoms with Crippen molar-refractivity contribution < 1.29 is 24.2 Å². The van der Waals surface area contributed by atoms with E-state index in [9.17, 15) is 14.7 Å². The Balaban J connectivity index is 2.58. The second-order valence-corrected chi connectivity index (χ2v) is 4.94. The number of rotatable bonds is 5. The standard InChI is InChI=1S/C17H17NO5/c1-9-6-11(8-19)15(18)17(21)14(9)16(20)10-4-5-12(22-2)13(7-10)23-3/h4-8,21H,18H2,1-3H3. The van der Waals surface area contributed by atoms with Crippen LogP contribution in [-0.2, 0) is 0 Å². The third kappa shape index (κ3) is 2.83. The molecule has 2 rings (SSSR count). The highest BCUT2D eigenvalue weighted by Crippen LogP contribution is 2.34. The molecule has 0 aliphatic carbocycles. The summed E-state index contributed by atoms with van der Waals surface area (Å²) in [4.78, 5) is 23.6. The molecule has 23 heavy (non-hydrogen) atoms. The molecule has 0 spiro atoms. The number of carbonyl (C=O) groups is 2. The maximum Gasteiger partial charge on any atom is 0.197 e. The Morgan fingerprint density at radius 1 is 1.17 bits per heavy atom. The van der Waals surface area contributed by atoms with Gasteiger partial charge in [0.2, 0.25) is 0 Å². The summed E-state index contributed by atoms with van der Waals surface area (Å²) in [5, 5.41) is 10.2. The van der Waals surface area contributed by atoms with Gasteiger partial charge in [-0.25, -0.2) is 0 Å². The van der Waals surface area contributed by atoms with Gasteiger partial charge in [0, 0.05) is 11.1 Å². The normalized spacial score (nSPS) is 10.2. The third-order valence-electron chi connectivity index (χ3n) is 3.57. The smallest absolute Gasteiger partial charge is 0.197 e. The van der Waals surface area contributed by atoms with Crippen LogP contribution in [0.15, 0.2) is 24.3 Å². The highest BCUT2D eigenvalue weighted by atomic mass is 16.5. The van der Waals surface area contributed by atoms with Crippen molar-refractivity contribution >= 4 is 17.8 Å². The first-order valence-electron chi connectivity index (χ1n) is 6.78. The molecule has 0 amide bonds. The molecular weight excluding hydrogens is 298 g/mol. The number of aromatic hydroxyl groups is 1. The molecule has 0 fully saturated rings. The lowest BCUT2D eigenvalue weighted by atomic mass is 9.95. The van der Waals surface area contributed by atoms with Gasteiger partial charge in [0.1, 0.15) is 0 Å². The molecule has 2 aromatic rings. The summed E-state index contributed by atoms with van der Waals surface area (Å²) in [6.07, 6.45) is 0.534. The molecular formula is C17H17NO5. The number of aryl methyl sites for hydroxylation is 1. The second kappa shape index (κ2) is 6.39. The first kappa shape index (κ1) is 16.4. The molecule has 0 unspecified atom stereocenters. The van der Waals surface area contributed by atoms with Gasteiger partial charge in [-0.3, -0.25) is 9.59 Å². The molecule has 120 valence electrons. The minimum atomic E-state index is -0.426. The van der Waals surface area contributed by atoms with Crippen molar-refractivity contribution in [1.82, 2.24) is 0 Å². The predicted molar refractivity (Wildman–Crippen MR) is 85.6 cm³/mol. The first-order valence-corrected chi connectivity index (χ1v) is 6.78. The molecule has 0 radical (unpaired) electrons. The van der Waals surface area contributed by atoms with E-state index in [1.54, 1.807) is 19.1 Å². The first-order chi connectivity index (χ1) is 10.9. The molecule has 0 saturated carbocycles. The van der Waals surface area contributed by atoms with Crippen molar-refractivity contribution in [2.24, 2.45) is 0 Å². The number of nitrogen functional groups attached to an aromatic ring is 1. The number of hydrogen-bond donors (Lipinski definition) is 2. The highest BCUT2D eigenvalue weighted by molar-refractivity contribution is 6.13. The third-order valence-corrected chi connectivity index (χ3v) is 3.57. The SMILES string of the molecule is COc1ccc(C(=O)c2c(C)cc(C=O)c(N)c2O)cc1OC. The number of benzene rings is 2. The molecule has 0 aliphatic heterocycles. The zero-order valence-electron chi connectivity index (χ0n) is 13.0. The highest BCUT2D eigenvalue weighted by Gasteiger charge is 2.21. The van der Waals surface area contributed by atoms with Crippen molar-refractivity contribution in [3.63, 3.8) is 0 Å². The summed E-state index contributed by atoms with van der Waals surface area (Å²) in [5.41, 5.74) is 6.55. The molecule has 0 saturated heterocycles. The van der Waals surface area contributed by atoms with E-state index in [0.717, 1.165) is 0 Å². The topological polar surface area (TPSA) is 98.9 Å². The Bertz CT molecular complexity index is 783. The summed E-state index contributed by atoms with van der Waals surface area (Å²) in [6, 6.07) is 6.15. The quantitative estimate of drug-likeness (QED) is 0.380. The number of hydrogen-bond acceptors (Lipinski definition) is 6. The molecule has 0 atom stereocenters. The number of phenolic OH excluding ortho intramolecular Hbond substituents is 1. The minimum Gasteiger partial charge on any atom is -0.505 e. The number of phenols is 1. The maximum atomic E-state index is 12.7. The lowest BCUT2D eigenvalue weighted by molar-refractivity contribution is 0.103. The summed E-state index contributed by atoms with van der Waals surface area (Å²) < 4.78 is 10.3. The van der Waals surface area contributed by atoms with Gasteiger partial charge in [0.25, 0.3) is 0 Å². The summed E-state index contributed by atoms with van der Waals surface area (Å²) in [6.45, 7) is 1.63. The van der Waals surface area contributed by atoms with Gasteiger partial charge in [0.05, 0.1) is 25.5 Å². The fourth-order valence-electron chi connectivity index (χ4n) is 2.35.